The SMILES string of the molecule is NNC1CCc2cc(F)ccc21. The maximum Gasteiger partial charge on any atom is 0.123 e. The lowest BCUT2D eigenvalue weighted by atomic mass is 10.1. The van der Waals surface area contributed by atoms with Gasteiger partial charge in [-0.05, 0) is 36.1 Å². The molecular weight excluding hydrogens is 155 g/mol. The summed E-state index contributed by atoms with van der Waals surface area (Å²) in [6, 6.07) is 5.09. The molecule has 12 heavy (non-hydrogen) atoms. The fourth-order valence-electron chi connectivity index (χ4n) is 1.76. The molecule has 3 heteroatoms. The van der Waals surface area contributed by atoms with E-state index in [4.69, 9.17) is 5.84 Å². The number of hydrazine groups is 1. The molecule has 1 aromatic carbocycles. The first-order valence-electron chi connectivity index (χ1n) is 4.05. The zero-order chi connectivity index (χ0) is 8.55. The molecule has 0 saturated carbocycles. The summed E-state index contributed by atoms with van der Waals surface area (Å²) in [7, 11) is 0. The molecule has 0 fully saturated rings. The number of hydrogen-bond donors (Lipinski definition) is 2. The van der Waals surface area contributed by atoms with Crippen LogP contribution in [-0.4, -0.2) is 0 Å². The lowest BCUT2D eigenvalue weighted by molar-refractivity contribution is 0.551. The molecule has 0 radical (unpaired) electrons. The summed E-state index contributed by atoms with van der Waals surface area (Å²) in [4.78, 5) is 0. The van der Waals surface area contributed by atoms with Gasteiger partial charge in [0.05, 0.1) is 0 Å². The molecule has 0 spiro atoms. The number of rotatable bonds is 1. The zero-order valence-electron chi connectivity index (χ0n) is 6.68. The van der Waals surface area contributed by atoms with Crippen molar-refractivity contribution in [3.8, 4) is 0 Å². The highest BCUT2D eigenvalue weighted by molar-refractivity contribution is 5.34. The van der Waals surface area contributed by atoms with Gasteiger partial charge in [0.15, 0.2) is 0 Å². The number of benzene rings is 1. The molecule has 0 heterocycles. The molecule has 1 aromatic rings. The normalized spacial score (nSPS) is 21.0. The van der Waals surface area contributed by atoms with Crippen molar-refractivity contribution >= 4 is 0 Å². The molecule has 2 rings (SSSR count). The Morgan fingerprint density at radius 3 is 3.08 bits per heavy atom. The number of fused-ring (bicyclic) bond motifs is 1. The lowest BCUT2D eigenvalue weighted by Crippen LogP contribution is -2.26. The first kappa shape index (κ1) is 7.71. The van der Waals surface area contributed by atoms with Crippen LogP contribution in [0.4, 0.5) is 4.39 Å². The Bertz CT molecular complexity index is 299. The third kappa shape index (κ3) is 1.11. The third-order valence-electron chi connectivity index (χ3n) is 2.38. The van der Waals surface area contributed by atoms with Gasteiger partial charge in [0.25, 0.3) is 0 Å². The quantitative estimate of drug-likeness (QED) is 0.487. The van der Waals surface area contributed by atoms with E-state index in [1.54, 1.807) is 6.07 Å². The smallest absolute Gasteiger partial charge is 0.123 e. The summed E-state index contributed by atoms with van der Waals surface area (Å²) in [5, 5.41) is 0. The summed E-state index contributed by atoms with van der Waals surface area (Å²) in [5.41, 5.74) is 4.94. The Morgan fingerprint density at radius 2 is 2.33 bits per heavy atom. The fourth-order valence-corrected chi connectivity index (χ4v) is 1.76. The van der Waals surface area contributed by atoms with Crippen LogP contribution in [0.5, 0.6) is 0 Å². The van der Waals surface area contributed by atoms with Crippen LogP contribution in [0.1, 0.15) is 23.6 Å². The van der Waals surface area contributed by atoms with Crippen molar-refractivity contribution in [2.75, 3.05) is 0 Å². The van der Waals surface area contributed by atoms with Crippen molar-refractivity contribution in [1.82, 2.24) is 5.43 Å². The van der Waals surface area contributed by atoms with Crippen LogP contribution >= 0.6 is 0 Å². The van der Waals surface area contributed by atoms with Gasteiger partial charge in [0.1, 0.15) is 5.82 Å². The first-order chi connectivity index (χ1) is 5.81. The van der Waals surface area contributed by atoms with E-state index in [9.17, 15) is 4.39 Å². The van der Waals surface area contributed by atoms with E-state index in [0.717, 1.165) is 24.0 Å². The molecule has 1 aliphatic carbocycles. The van der Waals surface area contributed by atoms with Crippen LogP contribution in [0.15, 0.2) is 18.2 Å². The minimum Gasteiger partial charge on any atom is -0.271 e. The molecule has 1 unspecified atom stereocenters. The van der Waals surface area contributed by atoms with E-state index in [1.807, 2.05) is 6.07 Å². The maximum absolute atomic E-state index is 12.7. The Morgan fingerprint density at radius 1 is 1.50 bits per heavy atom. The highest BCUT2D eigenvalue weighted by Crippen LogP contribution is 2.30. The molecular formula is C9H11FN2. The third-order valence-corrected chi connectivity index (χ3v) is 2.38. The van der Waals surface area contributed by atoms with Crippen molar-refractivity contribution in [3.05, 3.63) is 35.1 Å². The van der Waals surface area contributed by atoms with Crippen LogP contribution in [0, 0.1) is 5.82 Å². The summed E-state index contributed by atoms with van der Waals surface area (Å²) in [5.74, 6) is 5.18. The predicted octanol–water partition coefficient (Wildman–Crippen LogP) is 1.28. The largest absolute Gasteiger partial charge is 0.271 e. The second-order valence-electron chi connectivity index (χ2n) is 3.10. The van der Waals surface area contributed by atoms with E-state index in [0.29, 0.717) is 0 Å². The fraction of sp³-hybridized carbons (Fsp3) is 0.333. The lowest BCUT2D eigenvalue weighted by Gasteiger charge is -2.08. The van der Waals surface area contributed by atoms with Crippen LogP contribution in [0.25, 0.3) is 0 Å². The van der Waals surface area contributed by atoms with E-state index < -0.39 is 0 Å². The Kier molecular flexibility index (Phi) is 1.83. The number of halogens is 1. The molecule has 64 valence electrons. The van der Waals surface area contributed by atoms with Crippen molar-refractivity contribution < 1.29 is 4.39 Å². The monoisotopic (exact) mass is 166 g/mol. The average Bonchev–Trinajstić information content (AvgIpc) is 2.46. The number of hydrogen-bond acceptors (Lipinski definition) is 2. The molecule has 0 aliphatic heterocycles. The maximum atomic E-state index is 12.7. The van der Waals surface area contributed by atoms with Gasteiger partial charge in [-0.3, -0.25) is 11.3 Å². The van der Waals surface area contributed by atoms with E-state index in [1.165, 1.54) is 6.07 Å². The van der Waals surface area contributed by atoms with Gasteiger partial charge in [-0.25, -0.2) is 4.39 Å². The van der Waals surface area contributed by atoms with E-state index in [2.05, 4.69) is 5.43 Å². The van der Waals surface area contributed by atoms with E-state index in [-0.39, 0.29) is 11.9 Å². The van der Waals surface area contributed by atoms with Crippen molar-refractivity contribution in [3.63, 3.8) is 0 Å². The second-order valence-corrected chi connectivity index (χ2v) is 3.10. The highest BCUT2D eigenvalue weighted by Gasteiger charge is 2.20. The number of nitrogens with two attached hydrogens (primary N) is 1. The van der Waals surface area contributed by atoms with Gasteiger partial charge in [0.2, 0.25) is 0 Å². The Hall–Kier alpha value is -0.930. The van der Waals surface area contributed by atoms with Crippen LogP contribution in [-0.2, 0) is 6.42 Å². The molecule has 1 aliphatic rings. The van der Waals surface area contributed by atoms with Gasteiger partial charge in [0, 0.05) is 6.04 Å². The minimum absolute atomic E-state index is 0.161. The Balaban J connectivity index is 2.40. The predicted molar refractivity (Wildman–Crippen MR) is 44.8 cm³/mol. The van der Waals surface area contributed by atoms with Crippen molar-refractivity contribution in [2.45, 2.75) is 18.9 Å². The summed E-state index contributed by atoms with van der Waals surface area (Å²) >= 11 is 0. The average molecular weight is 166 g/mol. The first-order valence-corrected chi connectivity index (χ1v) is 4.05. The van der Waals surface area contributed by atoms with Crippen molar-refractivity contribution in [1.29, 1.82) is 0 Å². The summed E-state index contributed by atoms with van der Waals surface area (Å²) in [6.07, 6.45) is 1.89. The molecule has 0 aromatic heterocycles. The van der Waals surface area contributed by atoms with E-state index >= 15 is 0 Å². The molecule has 1 atom stereocenters. The van der Waals surface area contributed by atoms with Gasteiger partial charge in [-0.2, -0.15) is 0 Å². The molecule has 0 amide bonds. The molecule has 0 bridgehead atoms. The van der Waals surface area contributed by atoms with Crippen LogP contribution in [0.3, 0.4) is 0 Å². The van der Waals surface area contributed by atoms with Crippen LogP contribution < -0.4 is 11.3 Å². The van der Waals surface area contributed by atoms with Crippen LogP contribution in [0.2, 0.25) is 0 Å². The minimum atomic E-state index is -0.161. The van der Waals surface area contributed by atoms with Gasteiger partial charge < -0.3 is 0 Å². The Labute approximate surface area is 70.5 Å². The summed E-state index contributed by atoms with van der Waals surface area (Å²) in [6.45, 7) is 0. The summed E-state index contributed by atoms with van der Waals surface area (Å²) < 4.78 is 12.7. The molecule has 2 nitrogen and oxygen atoms in total. The van der Waals surface area contributed by atoms with Gasteiger partial charge >= 0.3 is 0 Å². The van der Waals surface area contributed by atoms with Gasteiger partial charge in [-0.15, -0.1) is 0 Å². The van der Waals surface area contributed by atoms with Gasteiger partial charge in [-0.1, -0.05) is 6.07 Å². The second kappa shape index (κ2) is 2.84. The zero-order valence-corrected chi connectivity index (χ0v) is 6.68. The standard InChI is InChI=1S/C9H11FN2/c10-7-2-3-8-6(5-7)1-4-9(8)12-11/h2-3,5,9,12H,1,4,11H2. The number of nitrogens with one attached hydrogen (secondary N) is 1. The molecule has 3 N–H and O–H groups in total. The highest BCUT2D eigenvalue weighted by atomic mass is 19.1. The number of aryl methyl sites for hydroxylation is 1. The van der Waals surface area contributed by atoms with Crippen molar-refractivity contribution in [2.24, 2.45) is 5.84 Å². The molecule has 0 saturated heterocycles. The topological polar surface area (TPSA) is 38.0 Å².